The lowest BCUT2D eigenvalue weighted by Gasteiger charge is -2.07. The molecule has 1 nitrogen and oxygen atoms in total. The SMILES string of the molecule is C[C@@H](Cc1ccccc1)c1nccs1. The third-order valence-electron chi connectivity index (χ3n) is 2.26. The van der Waals surface area contributed by atoms with E-state index < -0.39 is 0 Å². The lowest BCUT2D eigenvalue weighted by atomic mass is 10.0. The molecular formula is C12H13NS. The van der Waals surface area contributed by atoms with Crippen LogP contribution in [0.4, 0.5) is 0 Å². The van der Waals surface area contributed by atoms with E-state index in [1.807, 2.05) is 11.6 Å². The molecule has 0 aliphatic heterocycles. The minimum Gasteiger partial charge on any atom is -0.249 e. The summed E-state index contributed by atoms with van der Waals surface area (Å²) >= 11 is 1.74. The third kappa shape index (κ3) is 2.20. The Hall–Kier alpha value is -1.15. The summed E-state index contributed by atoms with van der Waals surface area (Å²) in [7, 11) is 0. The van der Waals surface area contributed by atoms with Gasteiger partial charge in [-0.25, -0.2) is 4.98 Å². The van der Waals surface area contributed by atoms with Gasteiger partial charge in [0.2, 0.25) is 0 Å². The molecule has 2 rings (SSSR count). The van der Waals surface area contributed by atoms with Crippen molar-refractivity contribution in [2.24, 2.45) is 0 Å². The van der Waals surface area contributed by atoms with Gasteiger partial charge in [-0.05, 0) is 12.0 Å². The normalized spacial score (nSPS) is 12.6. The molecule has 0 radical (unpaired) electrons. The minimum atomic E-state index is 0.525. The molecule has 1 aromatic heterocycles. The van der Waals surface area contributed by atoms with Crippen LogP contribution in [0.2, 0.25) is 0 Å². The van der Waals surface area contributed by atoms with Crippen molar-refractivity contribution in [3.63, 3.8) is 0 Å². The van der Waals surface area contributed by atoms with Gasteiger partial charge in [0.05, 0.1) is 5.01 Å². The Bertz CT molecular complexity index is 366. The predicted molar refractivity (Wildman–Crippen MR) is 60.7 cm³/mol. The molecule has 0 fully saturated rings. The van der Waals surface area contributed by atoms with Gasteiger partial charge in [0.25, 0.3) is 0 Å². The largest absolute Gasteiger partial charge is 0.249 e. The van der Waals surface area contributed by atoms with Gasteiger partial charge in [-0.2, -0.15) is 0 Å². The highest BCUT2D eigenvalue weighted by Crippen LogP contribution is 2.21. The quantitative estimate of drug-likeness (QED) is 0.744. The number of rotatable bonds is 3. The summed E-state index contributed by atoms with van der Waals surface area (Å²) in [6.45, 7) is 2.23. The molecule has 1 atom stereocenters. The summed E-state index contributed by atoms with van der Waals surface area (Å²) in [6, 6.07) is 10.6. The first-order chi connectivity index (χ1) is 6.86. The molecule has 2 heteroatoms. The fourth-order valence-corrected chi connectivity index (χ4v) is 2.23. The Morgan fingerprint density at radius 2 is 2.07 bits per heavy atom. The van der Waals surface area contributed by atoms with Gasteiger partial charge in [0.1, 0.15) is 0 Å². The Morgan fingerprint density at radius 1 is 1.29 bits per heavy atom. The summed E-state index contributed by atoms with van der Waals surface area (Å²) in [6.07, 6.45) is 2.95. The molecule has 14 heavy (non-hydrogen) atoms. The van der Waals surface area contributed by atoms with Crippen molar-refractivity contribution in [3.8, 4) is 0 Å². The van der Waals surface area contributed by atoms with Crippen LogP contribution in [0.15, 0.2) is 41.9 Å². The number of hydrogen-bond donors (Lipinski definition) is 0. The fraction of sp³-hybridized carbons (Fsp3) is 0.250. The van der Waals surface area contributed by atoms with Gasteiger partial charge < -0.3 is 0 Å². The molecular weight excluding hydrogens is 190 g/mol. The molecule has 0 aliphatic carbocycles. The van der Waals surface area contributed by atoms with Crippen LogP contribution in [0.1, 0.15) is 23.4 Å². The Kier molecular flexibility index (Phi) is 2.94. The highest BCUT2D eigenvalue weighted by atomic mass is 32.1. The van der Waals surface area contributed by atoms with E-state index in [0.29, 0.717) is 5.92 Å². The zero-order valence-corrected chi connectivity index (χ0v) is 9.00. The van der Waals surface area contributed by atoms with E-state index in [-0.39, 0.29) is 0 Å². The maximum atomic E-state index is 4.33. The first-order valence-corrected chi connectivity index (χ1v) is 5.67. The maximum Gasteiger partial charge on any atom is 0.0956 e. The number of nitrogens with zero attached hydrogens (tertiary/aromatic N) is 1. The average molecular weight is 203 g/mol. The van der Waals surface area contributed by atoms with Crippen LogP contribution in [0.25, 0.3) is 0 Å². The zero-order valence-electron chi connectivity index (χ0n) is 8.18. The second-order valence-electron chi connectivity index (χ2n) is 3.46. The highest BCUT2D eigenvalue weighted by Gasteiger charge is 2.08. The van der Waals surface area contributed by atoms with Crippen LogP contribution in [0.3, 0.4) is 0 Å². The summed E-state index contributed by atoms with van der Waals surface area (Å²) in [4.78, 5) is 4.33. The predicted octanol–water partition coefficient (Wildman–Crippen LogP) is 3.49. The van der Waals surface area contributed by atoms with Crippen LogP contribution in [0, 0.1) is 0 Å². The van der Waals surface area contributed by atoms with E-state index in [4.69, 9.17) is 0 Å². The number of benzene rings is 1. The van der Waals surface area contributed by atoms with E-state index in [0.717, 1.165) is 6.42 Å². The van der Waals surface area contributed by atoms with E-state index in [1.165, 1.54) is 10.6 Å². The van der Waals surface area contributed by atoms with Gasteiger partial charge in [-0.15, -0.1) is 11.3 Å². The Morgan fingerprint density at radius 3 is 2.71 bits per heavy atom. The molecule has 0 bridgehead atoms. The Balaban J connectivity index is 2.06. The van der Waals surface area contributed by atoms with E-state index in [9.17, 15) is 0 Å². The van der Waals surface area contributed by atoms with Gasteiger partial charge in [-0.1, -0.05) is 37.3 Å². The molecule has 2 aromatic rings. The van der Waals surface area contributed by atoms with Crippen molar-refractivity contribution in [3.05, 3.63) is 52.5 Å². The molecule has 0 unspecified atom stereocenters. The van der Waals surface area contributed by atoms with Gasteiger partial charge in [0, 0.05) is 17.5 Å². The molecule has 0 spiro atoms. The number of aromatic nitrogens is 1. The van der Waals surface area contributed by atoms with Crippen molar-refractivity contribution in [2.75, 3.05) is 0 Å². The van der Waals surface area contributed by atoms with Crippen molar-refractivity contribution >= 4 is 11.3 Å². The molecule has 0 amide bonds. The zero-order chi connectivity index (χ0) is 9.80. The molecule has 72 valence electrons. The van der Waals surface area contributed by atoms with Gasteiger partial charge in [0.15, 0.2) is 0 Å². The van der Waals surface area contributed by atoms with Crippen molar-refractivity contribution in [1.82, 2.24) is 4.98 Å². The highest BCUT2D eigenvalue weighted by molar-refractivity contribution is 7.09. The first-order valence-electron chi connectivity index (χ1n) is 4.79. The topological polar surface area (TPSA) is 12.9 Å². The molecule has 1 heterocycles. The Labute approximate surface area is 88.4 Å². The molecule has 0 saturated heterocycles. The molecule has 0 aliphatic rings. The minimum absolute atomic E-state index is 0.525. The standard InChI is InChI=1S/C12H13NS/c1-10(12-13-7-8-14-12)9-11-5-3-2-4-6-11/h2-8,10H,9H2,1H3/t10-/m0/s1. The smallest absolute Gasteiger partial charge is 0.0956 e. The molecule has 1 aromatic carbocycles. The second-order valence-corrected chi connectivity index (χ2v) is 4.39. The van der Waals surface area contributed by atoms with Crippen molar-refractivity contribution in [1.29, 1.82) is 0 Å². The summed E-state index contributed by atoms with van der Waals surface area (Å²) in [5, 5.41) is 3.27. The van der Waals surface area contributed by atoms with Crippen molar-refractivity contribution < 1.29 is 0 Å². The second kappa shape index (κ2) is 4.38. The van der Waals surface area contributed by atoms with Crippen LogP contribution in [0.5, 0.6) is 0 Å². The van der Waals surface area contributed by atoms with Gasteiger partial charge >= 0.3 is 0 Å². The van der Waals surface area contributed by atoms with Crippen LogP contribution < -0.4 is 0 Å². The molecule has 0 N–H and O–H groups in total. The van der Waals surface area contributed by atoms with Crippen LogP contribution >= 0.6 is 11.3 Å². The van der Waals surface area contributed by atoms with Crippen LogP contribution in [-0.4, -0.2) is 4.98 Å². The van der Waals surface area contributed by atoms with Gasteiger partial charge in [-0.3, -0.25) is 0 Å². The number of thiazole rings is 1. The lowest BCUT2D eigenvalue weighted by molar-refractivity contribution is 0.751. The summed E-state index contributed by atoms with van der Waals surface area (Å²) in [5.74, 6) is 0.525. The monoisotopic (exact) mass is 203 g/mol. The summed E-state index contributed by atoms with van der Waals surface area (Å²) < 4.78 is 0. The fourth-order valence-electron chi connectivity index (χ4n) is 1.53. The van der Waals surface area contributed by atoms with Crippen LogP contribution in [-0.2, 0) is 6.42 Å². The van der Waals surface area contributed by atoms with E-state index in [1.54, 1.807) is 11.3 Å². The van der Waals surface area contributed by atoms with Crippen molar-refractivity contribution in [2.45, 2.75) is 19.3 Å². The maximum absolute atomic E-state index is 4.33. The van der Waals surface area contributed by atoms with E-state index >= 15 is 0 Å². The first kappa shape index (κ1) is 9.41. The average Bonchev–Trinajstić information content (AvgIpc) is 2.72. The molecule has 0 saturated carbocycles. The lowest BCUT2D eigenvalue weighted by Crippen LogP contribution is -1.97. The third-order valence-corrected chi connectivity index (χ3v) is 3.26. The van der Waals surface area contributed by atoms with E-state index in [2.05, 4.69) is 42.2 Å². The number of hydrogen-bond acceptors (Lipinski definition) is 2. The summed E-state index contributed by atoms with van der Waals surface area (Å²) in [5.41, 5.74) is 1.38.